The molecular formula is C19H14FNOS. The van der Waals surface area contributed by atoms with Gasteiger partial charge in [0, 0.05) is 11.0 Å². The standard InChI is InChI=1S/C19H14FNOS/c20-17-8-4-5-9-18(17)21-19(22)11-10-16-12-15(13-23-16)14-6-2-1-3-7-14/h1-13H,(H,21,22)/b11-10+. The Bertz CT molecular complexity index is 839. The third-order valence-corrected chi connectivity index (χ3v) is 4.16. The summed E-state index contributed by atoms with van der Waals surface area (Å²) in [5.74, 6) is -0.804. The van der Waals surface area contributed by atoms with Gasteiger partial charge < -0.3 is 5.32 Å². The maximum atomic E-state index is 13.5. The predicted octanol–water partition coefficient (Wildman–Crippen LogP) is 5.21. The van der Waals surface area contributed by atoms with Gasteiger partial charge in [-0.05, 0) is 40.8 Å². The summed E-state index contributed by atoms with van der Waals surface area (Å²) in [4.78, 5) is 12.8. The summed E-state index contributed by atoms with van der Waals surface area (Å²) in [7, 11) is 0. The minimum absolute atomic E-state index is 0.179. The smallest absolute Gasteiger partial charge is 0.248 e. The Morgan fingerprint density at radius 3 is 2.52 bits per heavy atom. The first kappa shape index (κ1) is 15.2. The first-order valence-corrected chi connectivity index (χ1v) is 7.98. The highest BCUT2D eigenvalue weighted by Gasteiger charge is 2.04. The van der Waals surface area contributed by atoms with Crippen molar-refractivity contribution in [2.75, 3.05) is 5.32 Å². The molecule has 3 rings (SSSR count). The van der Waals surface area contributed by atoms with Crippen LogP contribution in [-0.2, 0) is 4.79 Å². The van der Waals surface area contributed by atoms with E-state index in [1.165, 1.54) is 18.2 Å². The maximum Gasteiger partial charge on any atom is 0.248 e. The second-order valence-electron chi connectivity index (χ2n) is 4.91. The van der Waals surface area contributed by atoms with E-state index in [2.05, 4.69) is 5.32 Å². The van der Waals surface area contributed by atoms with Crippen LogP contribution in [0, 0.1) is 5.82 Å². The SMILES string of the molecule is O=C(/C=C/c1cc(-c2ccccc2)cs1)Nc1ccccc1F. The quantitative estimate of drug-likeness (QED) is 0.656. The van der Waals surface area contributed by atoms with Crippen molar-refractivity contribution >= 4 is 29.0 Å². The van der Waals surface area contributed by atoms with E-state index in [1.54, 1.807) is 29.5 Å². The molecule has 0 aliphatic rings. The van der Waals surface area contributed by atoms with Crippen LogP contribution < -0.4 is 5.32 Å². The maximum absolute atomic E-state index is 13.5. The summed E-state index contributed by atoms with van der Waals surface area (Å²) >= 11 is 1.55. The molecule has 0 radical (unpaired) electrons. The van der Waals surface area contributed by atoms with Crippen molar-refractivity contribution in [1.29, 1.82) is 0 Å². The van der Waals surface area contributed by atoms with Gasteiger partial charge in [-0.1, -0.05) is 42.5 Å². The van der Waals surface area contributed by atoms with Crippen molar-refractivity contribution in [3.63, 3.8) is 0 Å². The molecule has 0 bridgehead atoms. The van der Waals surface area contributed by atoms with Crippen LogP contribution in [0.1, 0.15) is 4.88 Å². The third-order valence-electron chi connectivity index (χ3n) is 3.26. The van der Waals surface area contributed by atoms with E-state index in [0.29, 0.717) is 0 Å². The average molecular weight is 323 g/mol. The molecule has 1 heterocycles. The van der Waals surface area contributed by atoms with Crippen LogP contribution in [0.25, 0.3) is 17.2 Å². The number of para-hydroxylation sites is 1. The summed E-state index contributed by atoms with van der Waals surface area (Å²) in [6, 6.07) is 18.2. The van der Waals surface area contributed by atoms with Crippen LogP contribution in [-0.4, -0.2) is 5.91 Å². The molecule has 114 valence electrons. The van der Waals surface area contributed by atoms with E-state index in [1.807, 2.05) is 41.8 Å². The monoisotopic (exact) mass is 323 g/mol. The lowest BCUT2D eigenvalue weighted by Gasteiger charge is -2.02. The molecule has 0 aliphatic heterocycles. The molecule has 0 saturated carbocycles. The fourth-order valence-electron chi connectivity index (χ4n) is 2.12. The Labute approximate surface area is 137 Å². The molecule has 0 saturated heterocycles. The number of halogens is 1. The number of carbonyl (C=O) groups is 1. The van der Waals surface area contributed by atoms with Crippen molar-refractivity contribution in [3.05, 3.63) is 82.8 Å². The van der Waals surface area contributed by atoms with Gasteiger partial charge in [0.15, 0.2) is 0 Å². The Morgan fingerprint density at radius 2 is 1.74 bits per heavy atom. The van der Waals surface area contributed by atoms with E-state index in [9.17, 15) is 9.18 Å². The number of rotatable bonds is 4. The number of amides is 1. The average Bonchev–Trinajstić information content (AvgIpc) is 3.05. The van der Waals surface area contributed by atoms with E-state index < -0.39 is 5.82 Å². The van der Waals surface area contributed by atoms with Crippen molar-refractivity contribution in [2.45, 2.75) is 0 Å². The highest BCUT2D eigenvalue weighted by Crippen LogP contribution is 2.26. The summed E-state index contributed by atoms with van der Waals surface area (Å²) in [5, 5.41) is 4.57. The molecule has 0 atom stereocenters. The zero-order valence-electron chi connectivity index (χ0n) is 12.2. The van der Waals surface area contributed by atoms with Crippen molar-refractivity contribution in [2.24, 2.45) is 0 Å². The number of anilines is 1. The zero-order valence-corrected chi connectivity index (χ0v) is 13.0. The topological polar surface area (TPSA) is 29.1 Å². The molecule has 0 aliphatic carbocycles. The summed E-state index contributed by atoms with van der Waals surface area (Å²) in [6.07, 6.45) is 3.14. The second kappa shape index (κ2) is 7.03. The van der Waals surface area contributed by atoms with Gasteiger partial charge in [0.2, 0.25) is 5.91 Å². The van der Waals surface area contributed by atoms with Crippen LogP contribution in [0.15, 0.2) is 72.1 Å². The lowest BCUT2D eigenvalue weighted by molar-refractivity contribution is -0.111. The minimum atomic E-state index is -0.447. The molecule has 2 nitrogen and oxygen atoms in total. The Kier molecular flexibility index (Phi) is 4.64. The van der Waals surface area contributed by atoms with Gasteiger partial charge in [-0.15, -0.1) is 11.3 Å². The van der Waals surface area contributed by atoms with Crippen molar-refractivity contribution in [1.82, 2.24) is 0 Å². The number of benzene rings is 2. The fourth-order valence-corrected chi connectivity index (χ4v) is 2.93. The Balaban J connectivity index is 1.68. The van der Waals surface area contributed by atoms with Crippen molar-refractivity contribution in [3.8, 4) is 11.1 Å². The molecular weight excluding hydrogens is 309 g/mol. The van der Waals surface area contributed by atoms with Crippen LogP contribution in [0.3, 0.4) is 0 Å². The highest BCUT2D eigenvalue weighted by molar-refractivity contribution is 7.11. The summed E-state index contributed by atoms with van der Waals surface area (Å²) < 4.78 is 13.5. The first-order chi connectivity index (χ1) is 11.2. The highest BCUT2D eigenvalue weighted by atomic mass is 32.1. The Hall–Kier alpha value is -2.72. The van der Waals surface area contributed by atoms with Gasteiger partial charge >= 0.3 is 0 Å². The number of carbonyl (C=O) groups excluding carboxylic acids is 1. The number of thiophene rings is 1. The van der Waals surface area contributed by atoms with E-state index in [-0.39, 0.29) is 11.6 Å². The molecule has 23 heavy (non-hydrogen) atoms. The van der Waals surface area contributed by atoms with Gasteiger partial charge in [-0.25, -0.2) is 4.39 Å². The molecule has 0 fully saturated rings. The van der Waals surface area contributed by atoms with Gasteiger partial charge in [0.25, 0.3) is 0 Å². The van der Waals surface area contributed by atoms with Crippen LogP contribution in [0.4, 0.5) is 10.1 Å². The molecule has 1 aromatic heterocycles. The molecule has 3 aromatic rings. The van der Waals surface area contributed by atoms with Crippen LogP contribution >= 0.6 is 11.3 Å². The Morgan fingerprint density at radius 1 is 1.00 bits per heavy atom. The fraction of sp³-hybridized carbons (Fsp3) is 0. The van der Waals surface area contributed by atoms with Crippen LogP contribution in [0.5, 0.6) is 0 Å². The zero-order chi connectivity index (χ0) is 16.1. The largest absolute Gasteiger partial charge is 0.320 e. The molecule has 1 N–H and O–H groups in total. The van der Waals surface area contributed by atoms with E-state index >= 15 is 0 Å². The second-order valence-corrected chi connectivity index (χ2v) is 5.85. The minimum Gasteiger partial charge on any atom is -0.320 e. The number of nitrogens with one attached hydrogen (secondary N) is 1. The van der Waals surface area contributed by atoms with Gasteiger partial charge in [-0.2, -0.15) is 0 Å². The van der Waals surface area contributed by atoms with Crippen molar-refractivity contribution < 1.29 is 9.18 Å². The van der Waals surface area contributed by atoms with Gasteiger partial charge in [0.05, 0.1) is 5.69 Å². The van der Waals surface area contributed by atoms with Gasteiger partial charge in [0.1, 0.15) is 5.82 Å². The molecule has 4 heteroatoms. The molecule has 0 unspecified atom stereocenters. The number of hydrogen-bond acceptors (Lipinski definition) is 2. The molecule has 2 aromatic carbocycles. The summed E-state index contributed by atoms with van der Waals surface area (Å²) in [5.41, 5.74) is 2.43. The number of hydrogen-bond donors (Lipinski definition) is 1. The van der Waals surface area contributed by atoms with Gasteiger partial charge in [-0.3, -0.25) is 4.79 Å². The normalized spacial score (nSPS) is 10.8. The lowest BCUT2D eigenvalue weighted by Crippen LogP contribution is -2.08. The summed E-state index contributed by atoms with van der Waals surface area (Å²) in [6.45, 7) is 0. The first-order valence-electron chi connectivity index (χ1n) is 7.10. The third kappa shape index (κ3) is 3.93. The van der Waals surface area contributed by atoms with Crippen LogP contribution in [0.2, 0.25) is 0 Å². The lowest BCUT2D eigenvalue weighted by atomic mass is 10.1. The molecule has 1 amide bonds. The molecule has 0 spiro atoms. The van der Waals surface area contributed by atoms with E-state index in [4.69, 9.17) is 0 Å². The predicted molar refractivity (Wildman–Crippen MR) is 93.8 cm³/mol. The van der Waals surface area contributed by atoms with E-state index in [0.717, 1.165) is 16.0 Å².